The molecule has 0 nitrogen and oxygen atoms in total. The van der Waals surface area contributed by atoms with Crippen molar-refractivity contribution < 1.29 is 0 Å². The second-order valence-corrected chi connectivity index (χ2v) is 9.62. The van der Waals surface area contributed by atoms with E-state index >= 15 is 0 Å². The fraction of sp³-hybridized carbons (Fsp3) is 1.00. The molecule has 0 rings (SSSR count). The van der Waals surface area contributed by atoms with Gasteiger partial charge >= 0.3 is 0 Å². The Kier molecular flexibility index (Phi) is 7.32. The summed E-state index contributed by atoms with van der Waals surface area (Å²) >= 11 is 0. The van der Waals surface area contributed by atoms with Crippen molar-refractivity contribution in [1.29, 1.82) is 0 Å². The van der Waals surface area contributed by atoms with Gasteiger partial charge in [0.15, 0.2) is 0 Å². The van der Waals surface area contributed by atoms with E-state index in [1.54, 1.807) is 0 Å². The molecule has 0 aromatic rings. The Morgan fingerprint density at radius 2 is 1.35 bits per heavy atom. The van der Waals surface area contributed by atoms with Crippen LogP contribution in [-0.2, 0) is 0 Å². The molecular formula is C20H42. The van der Waals surface area contributed by atoms with Crippen LogP contribution < -0.4 is 0 Å². The molecule has 2 atom stereocenters. The van der Waals surface area contributed by atoms with E-state index in [1.807, 2.05) is 0 Å². The lowest BCUT2D eigenvalue weighted by Gasteiger charge is -2.41. The molecule has 0 spiro atoms. The van der Waals surface area contributed by atoms with Crippen molar-refractivity contribution in [1.82, 2.24) is 0 Å². The molecule has 0 aliphatic carbocycles. The molecule has 0 heterocycles. The average Bonchev–Trinajstić information content (AvgIpc) is 2.31. The van der Waals surface area contributed by atoms with Crippen molar-refractivity contribution in [3.05, 3.63) is 0 Å². The zero-order valence-corrected chi connectivity index (χ0v) is 16.2. The first kappa shape index (κ1) is 20.0. The first-order valence-corrected chi connectivity index (χ1v) is 8.85. The zero-order valence-electron chi connectivity index (χ0n) is 16.2. The third-order valence-corrected chi connectivity index (χ3v) is 6.04. The van der Waals surface area contributed by atoms with Crippen LogP contribution in [0.1, 0.15) is 101 Å². The third kappa shape index (κ3) is 6.64. The average molecular weight is 283 g/mol. The van der Waals surface area contributed by atoms with E-state index in [0.29, 0.717) is 16.2 Å². The fourth-order valence-electron chi connectivity index (χ4n) is 3.07. The van der Waals surface area contributed by atoms with Crippen molar-refractivity contribution in [3.63, 3.8) is 0 Å². The maximum absolute atomic E-state index is 2.49. The molecule has 0 N–H and O–H groups in total. The number of hydrogen-bond acceptors (Lipinski definition) is 0. The fourth-order valence-corrected chi connectivity index (χ4v) is 3.07. The molecule has 122 valence electrons. The SMILES string of the molecule is CCC(CC(C)(C)C(C)CCC(C)(C)CC)C(C)(C)C. The van der Waals surface area contributed by atoms with Crippen molar-refractivity contribution >= 4 is 0 Å². The first-order valence-electron chi connectivity index (χ1n) is 8.85. The molecule has 0 fully saturated rings. The summed E-state index contributed by atoms with van der Waals surface area (Å²) in [5.41, 5.74) is 1.41. The minimum Gasteiger partial charge on any atom is -0.0651 e. The highest BCUT2D eigenvalue weighted by Crippen LogP contribution is 2.44. The summed E-state index contributed by atoms with van der Waals surface area (Å²) in [7, 11) is 0. The molecule has 0 radical (unpaired) electrons. The van der Waals surface area contributed by atoms with Crippen molar-refractivity contribution in [2.75, 3.05) is 0 Å². The highest BCUT2D eigenvalue weighted by Gasteiger charge is 2.33. The second-order valence-electron chi connectivity index (χ2n) is 9.62. The second kappa shape index (κ2) is 7.32. The molecule has 2 unspecified atom stereocenters. The Hall–Kier alpha value is 0. The van der Waals surface area contributed by atoms with Gasteiger partial charge < -0.3 is 0 Å². The zero-order chi connectivity index (χ0) is 16.2. The third-order valence-electron chi connectivity index (χ3n) is 6.04. The van der Waals surface area contributed by atoms with Crippen LogP contribution in [0.4, 0.5) is 0 Å². The maximum atomic E-state index is 2.49. The van der Waals surface area contributed by atoms with Crippen molar-refractivity contribution in [3.8, 4) is 0 Å². The van der Waals surface area contributed by atoms with E-state index in [0.717, 1.165) is 11.8 Å². The number of hydrogen-bond donors (Lipinski definition) is 0. The lowest BCUT2D eigenvalue weighted by Crippen LogP contribution is -2.31. The van der Waals surface area contributed by atoms with E-state index < -0.39 is 0 Å². The molecule has 0 aromatic heterocycles. The minimum atomic E-state index is 0.439. The Labute approximate surface area is 130 Å². The standard InChI is InChI=1S/C20H42/c1-11-17(18(4,5)6)15-20(9,10)16(3)13-14-19(7,8)12-2/h16-17H,11-15H2,1-10H3. The first-order chi connectivity index (χ1) is 8.85. The summed E-state index contributed by atoms with van der Waals surface area (Å²) in [6, 6.07) is 0. The monoisotopic (exact) mass is 282 g/mol. The molecule has 0 aliphatic rings. The van der Waals surface area contributed by atoms with Crippen LogP contribution in [0.25, 0.3) is 0 Å². The van der Waals surface area contributed by atoms with Crippen molar-refractivity contribution in [2.45, 2.75) is 101 Å². The Bertz CT molecular complexity index is 264. The summed E-state index contributed by atoms with van der Waals surface area (Å²) in [5, 5.41) is 0. The van der Waals surface area contributed by atoms with Crippen LogP contribution in [0.2, 0.25) is 0 Å². The van der Waals surface area contributed by atoms with Crippen LogP contribution in [0.5, 0.6) is 0 Å². The normalized spacial score (nSPS) is 17.1. The van der Waals surface area contributed by atoms with Gasteiger partial charge in [0.1, 0.15) is 0 Å². The lowest BCUT2D eigenvalue weighted by atomic mass is 9.65. The van der Waals surface area contributed by atoms with Crippen LogP contribution >= 0.6 is 0 Å². The number of rotatable bonds is 8. The van der Waals surface area contributed by atoms with Gasteiger partial charge in [-0.05, 0) is 47.3 Å². The van der Waals surface area contributed by atoms with Crippen LogP contribution in [0.15, 0.2) is 0 Å². The topological polar surface area (TPSA) is 0 Å². The van der Waals surface area contributed by atoms with Gasteiger partial charge in [-0.25, -0.2) is 0 Å². The van der Waals surface area contributed by atoms with Gasteiger partial charge in [0.05, 0.1) is 0 Å². The van der Waals surface area contributed by atoms with Gasteiger partial charge in [-0.1, -0.05) is 82.1 Å². The summed E-state index contributed by atoms with van der Waals surface area (Å²) < 4.78 is 0. The van der Waals surface area contributed by atoms with Gasteiger partial charge in [0.25, 0.3) is 0 Å². The highest BCUT2D eigenvalue weighted by atomic mass is 14.4. The molecule has 0 heteroatoms. The largest absolute Gasteiger partial charge is 0.0651 e. The molecule has 0 amide bonds. The smallest absolute Gasteiger partial charge is 0.0326 e. The summed E-state index contributed by atoms with van der Waals surface area (Å²) in [4.78, 5) is 0. The minimum absolute atomic E-state index is 0.439. The highest BCUT2D eigenvalue weighted by molar-refractivity contribution is 4.84. The van der Waals surface area contributed by atoms with Crippen LogP contribution in [0, 0.1) is 28.1 Å². The van der Waals surface area contributed by atoms with Gasteiger partial charge in [0, 0.05) is 0 Å². The van der Waals surface area contributed by atoms with Crippen LogP contribution in [0.3, 0.4) is 0 Å². The van der Waals surface area contributed by atoms with E-state index in [1.165, 1.54) is 32.1 Å². The van der Waals surface area contributed by atoms with Gasteiger partial charge in [0.2, 0.25) is 0 Å². The maximum Gasteiger partial charge on any atom is -0.0326 e. The molecule has 0 aliphatic heterocycles. The van der Waals surface area contributed by atoms with E-state index in [-0.39, 0.29) is 0 Å². The van der Waals surface area contributed by atoms with Gasteiger partial charge in [-0.2, -0.15) is 0 Å². The molecule has 0 aromatic carbocycles. The predicted molar refractivity (Wildman–Crippen MR) is 94.1 cm³/mol. The van der Waals surface area contributed by atoms with Gasteiger partial charge in [-0.15, -0.1) is 0 Å². The summed E-state index contributed by atoms with van der Waals surface area (Å²) in [6.07, 6.45) is 6.69. The lowest BCUT2D eigenvalue weighted by molar-refractivity contribution is 0.0967. The molecule has 0 saturated carbocycles. The molecule has 0 bridgehead atoms. The van der Waals surface area contributed by atoms with Crippen molar-refractivity contribution in [2.24, 2.45) is 28.1 Å². The Balaban J connectivity index is 4.62. The van der Waals surface area contributed by atoms with E-state index in [4.69, 9.17) is 0 Å². The summed E-state index contributed by atoms with van der Waals surface area (Å²) in [5.74, 6) is 1.64. The Morgan fingerprint density at radius 3 is 1.70 bits per heavy atom. The van der Waals surface area contributed by atoms with E-state index in [2.05, 4.69) is 69.2 Å². The van der Waals surface area contributed by atoms with E-state index in [9.17, 15) is 0 Å². The van der Waals surface area contributed by atoms with Gasteiger partial charge in [-0.3, -0.25) is 0 Å². The molecule has 20 heavy (non-hydrogen) atoms. The summed E-state index contributed by atoms with van der Waals surface area (Å²) in [6.45, 7) is 24.2. The predicted octanol–water partition coefficient (Wildman–Crippen LogP) is 7.33. The molecular weight excluding hydrogens is 240 g/mol. The van der Waals surface area contributed by atoms with Crippen LogP contribution in [-0.4, -0.2) is 0 Å². The molecule has 0 saturated heterocycles. The Morgan fingerprint density at radius 1 is 0.850 bits per heavy atom. The quantitative estimate of drug-likeness (QED) is 0.437.